The highest BCUT2D eigenvalue weighted by molar-refractivity contribution is 5.43. The van der Waals surface area contributed by atoms with Crippen molar-refractivity contribution in [2.45, 2.75) is 39.3 Å². The van der Waals surface area contributed by atoms with Crippen molar-refractivity contribution in [2.24, 2.45) is 0 Å². The molecule has 0 bridgehead atoms. The van der Waals surface area contributed by atoms with Gasteiger partial charge in [-0.05, 0) is 25.0 Å². The van der Waals surface area contributed by atoms with Crippen molar-refractivity contribution >= 4 is 5.69 Å². The van der Waals surface area contributed by atoms with Gasteiger partial charge in [0, 0.05) is 18.8 Å². The van der Waals surface area contributed by atoms with Crippen molar-refractivity contribution in [3.8, 4) is 0 Å². The molecule has 3 heteroatoms. The molecule has 0 fully saturated rings. The minimum atomic E-state index is 0.0461. The van der Waals surface area contributed by atoms with E-state index in [2.05, 4.69) is 36.5 Å². The number of hydrogen-bond donors (Lipinski definition) is 1. The predicted molar refractivity (Wildman–Crippen MR) is 84.1 cm³/mol. The number of nitrogens with zero attached hydrogens (tertiary/aromatic N) is 1. The van der Waals surface area contributed by atoms with E-state index in [0.717, 1.165) is 18.5 Å². The van der Waals surface area contributed by atoms with Gasteiger partial charge in [-0.1, -0.05) is 43.7 Å². The van der Waals surface area contributed by atoms with Crippen LogP contribution in [0.3, 0.4) is 0 Å². The molecule has 0 aliphatic carbocycles. The second-order valence-electron chi connectivity index (χ2n) is 4.94. The van der Waals surface area contributed by atoms with Crippen LogP contribution in [0.1, 0.15) is 38.3 Å². The summed E-state index contributed by atoms with van der Waals surface area (Å²) in [6.07, 6.45) is 4.07. The fourth-order valence-electron chi connectivity index (χ4n) is 2.36. The Balaban J connectivity index is 2.22. The molecule has 1 unspecified atom stereocenters. The Morgan fingerprint density at radius 3 is 2.50 bits per heavy atom. The summed E-state index contributed by atoms with van der Waals surface area (Å²) in [4.78, 5) is 11.6. The van der Waals surface area contributed by atoms with E-state index in [1.54, 1.807) is 10.6 Å². The molecule has 1 aromatic carbocycles. The van der Waals surface area contributed by atoms with E-state index < -0.39 is 0 Å². The second kappa shape index (κ2) is 6.94. The van der Waals surface area contributed by atoms with Gasteiger partial charge in [0.15, 0.2) is 0 Å². The molecule has 0 saturated carbocycles. The molecule has 20 heavy (non-hydrogen) atoms. The summed E-state index contributed by atoms with van der Waals surface area (Å²) in [6.45, 7) is 4.86. The summed E-state index contributed by atoms with van der Waals surface area (Å²) in [7, 11) is 0. The molecule has 1 atom stereocenters. The third-order valence-corrected chi connectivity index (χ3v) is 3.44. The Labute approximate surface area is 120 Å². The van der Waals surface area contributed by atoms with Crippen molar-refractivity contribution in [2.75, 3.05) is 5.32 Å². The van der Waals surface area contributed by atoms with Gasteiger partial charge in [-0.15, -0.1) is 0 Å². The fourth-order valence-corrected chi connectivity index (χ4v) is 2.36. The summed E-state index contributed by atoms with van der Waals surface area (Å²) in [5.74, 6) is 0. The van der Waals surface area contributed by atoms with Crippen LogP contribution in [0.5, 0.6) is 0 Å². The van der Waals surface area contributed by atoms with Crippen molar-refractivity contribution in [3.63, 3.8) is 0 Å². The fraction of sp³-hybridized carbons (Fsp3) is 0.353. The molecule has 0 amide bonds. The summed E-state index contributed by atoms with van der Waals surface area (Å²) < 4.78 is 1.72. The van der Waals surface area contributed by atoms with E-state index in [1.807, 2.05) is 25.3 Å². The minimum absolute atomic E-state index is 0.0461. The first-order valence-corrected chi connectivity index (χ1v) is 7.26. The SMILES string of the molecule is CCCC(Nc1ccc(=O)n(CC)c1)c1ccccc1. The molecule has 0 radical (unpaired) electrons. The number of aromatic nitrogens is 1. The monoisotopic (exact) mass is 270 g/mol. The summed E-state index contributed by atoms with van der Waals surface area (Å²) in [5.41, 5.74) is 2.32. The van der Waals surface area contributed by atoms with E-state index in [-0.39, 0.29) is 11.6 Å². The van der Waals surface area contributed by atoms with Crippen LogP contribution in [-0.2, 0) is 6.54 Å². The van der Waals surface area contributed by atoms with E-state index >= 15 is 0 Å². The van der Waals surface area contributed by atoms with Crippen LogP contribution in [0, 0.1) is 0 Å². The van der Waals surface area contributed by atoms with Gasteiger partial charge in [-0.25, -0.2) is 0 Å². The average Bonchev–Trinajstić information content (AvgIpc) is 2.49. The molecule has 2 aromatic rings. The summed E-state index contributed by atoms with van der Waals surface area (Å²) in [6, 6.07) is 14.2. The molecular weight excluding hydrogens is 248 g/mol. The smallest absolute Gasteiger partial charge is 0.250 e. The number of nitrogens with one attached hydrogen (secondary N) is 1. The van der Waals surface area contributed by atoms with E-state index in [1.165, 1.54) is 5.56 Å². The number of rotatable bonds is 6. The van der Waals surface area contributed by atoms with Gasteiger partial charge in [-0.3, -0.25) is 4.79 Å². The first-order chi connectivity index (χ1) is 9.74. The van der Waals surface area contributed by atoms with Gasteiger partial charge < -0.3 is 9.88 Å². The van der Waals surface area contributed by atoms with Crippen LogP contribution in [0.25, 0.3) is 0 Å². The van der Waals surface area contributed by atoms with Crippen molar-refractivity contribution in [1.82, 2.24) is 4.57 Å². The van der Waals surface area contributed by atoms with Crippen LogP contribution in [0.15, 0.2) is 53.5 Å². The largest absolute Gasteiger partial charge is 0.377 e. The normalized spacial score (nSPS) is 12.1. The number of benzene rings is 1. The van der Waals surface area contributed by atoms with Crippen LogP contribution < -0.4 is 10.9 Å². The minimum Gasteiger partial charge on any atom is -0.377 e. The Bertz CT molecular complexity index is 589. The Kier molecular flexibility index (Phi) is 4.99. The first-order valence-electron chi connectivity index (χ1n) is 7.26. The van der Waals surface area contributed by atoms with E-state index in [9.17, 15) is 4.79 Å². The quantitative estimate of drug-likeness (QED) is 0.865. The molecule has 0 saturated heterocycles. The Morgan fingerprint density at radius 2 is 1.85 bits per heavy atom. The first kappa shape index (κ1) is 14.4. The zero-order chi connectivity index (χ0) is 14.4. The van der Waals surface area contributed by atoms with Crippen LogP contribution in [0.2, 0.25) is 0 Å². The van der Waals surface area contributed by atoms with Gasteiger partial charge in [-0.2, -0.15) is 0 Å². The lowest BCUT2D eigenvalue weighted by Crippen LogP contribution is -2.19. The van der Waals surface area contributed by atoms with Gasteiger partial charge >= 0.3 is 0 Å². The Morgan fingerprint density at radius 1 is 1.10 bits per heavy atom. The lowest BCUT2D eigenvalue weighted by molar-refractivity contribution is 0.672. The average molecular weight is 270 g/mol. The standard InChI is InChI=1S/C17H22N2O/c1-3-8-16(14-9-6-5-7-10-14)18-15-11-12-17(20)19(4-2)13-15/h5-7,9-13,16,18H,3-4,8H2,1-2H3. The van der Waals surface area contributed by atoms with E-state index in [4.69, 9.17) is 0 Å². The number of hydrogen-bond acceptors (Lipinski definition) is 2. The van der Waals surface area contributed by atoms with E-state index in [0.29, 0.717) is 6.54 Å². The molecule has 1 N–H and O–H groups in total. The summed E-state index contributed by atoms with van der Waals surface area (Å²) in [5, 5.41) is 3.54. The lowest BCUT2D eigenvalue weighted by atomic mass is 10.0. The number of aryl methyl sites for hydroxylation is 1. The van der Waals surface area contributed by atoms with Gasteiger partial charge in [0.05, 0.1) is 11.7 Å². The van der Waals surface area contributed by atoms with Crippen LogP contribution in [-0.4, -0.2) is 4.57 Å². The molecule has 1 aromatic heterocycles. The topological polar surface area (TPSA) is 34.0 Å². The van der Waals surface area contributed by atoms with Gasteiger partial charge in [0.25, 0.3) is 5.56 Å². The predicted octanol–water partition coefficient (Wildman–Crippen LogP) is 3.82. The second-order valence-corrected chi connectivity index (χ2v) is 4.94. The molecule has 3 nitrogen and oxygen atoms in total. The van der Waals surface area contributed by atoms with Gasteiger partial charge in [0.2, 0.25) is 0 Å². The molecular formula is C17H22N2O. The van der Waals surface area contributed by atoms with Gasteiger partial charge in [0.1, 0.15) is 0 Å². The lowest BCUT2D eigenvalue weighted by Gasteiger charge is -2.20. The molecule has 0 spiro atoms. The molecule has 0 aliphatic rings. The number of anilines is 1. The van der Waals surface area contributed by atoms with Crippen molar-refractivity contribution in [3.05, 3.63) is 64.6 Å². The highest BCUT2D eigenvalue weighted by Gasteiger charge is 2.10. The molecule has 2 rings (SSSR count). The van der Waals surface area contributed by atoms with Crippen LogP contribution >= 0.6 is 0 Å². The zero-order valence-electron chi connectivity index (χ0n) is 12.2. The third kappa shape index (κ3) is 3.50. The maximum Gasteiger partial charge on any atom is 0.250 e. The molecule has 106 valence electrons. The van der Waals surface area contributed by atoms with Crippen LogP contribution in [0.4, 0.5) is 5.69 Å². The third-order valence-electron chi connectivity index (χ3n) is 3.44. The maximum absolute atomic E-state index is 11.6. The highest BCUT2D eigenvalue weighted by atomic mass is 16.1. The zero-order valence-corrected chi connectivity index (χ0v) is 12.2. The maximum atomic E-state index is 11.6. The number of pyridine rings is 1. The van der Waals surface area contributed by atoms with Crippen molar-refractivity contribution in [1.29, 1.82) is 0 Å². The summed E-state index contributed by atoms with van der Waals surface area (Å²) >= 11 is 0. The highest BCUT2D eigenvalue weighted by Crippen LogP contribution is 2.23. The molecule has 0 aliphatic heterocycles. The van der Waals surface area contributed by atoms with Crippen molar-refractivity contribution < 1.29 is 0 Å². The molecule has 1 heterocycles. The Hall–Kier alpha value is -2.03.